The average Bonchev–Trinajstić information content (AvgIpc) is 3.36. The molecule has 0 aliphatic heterocycles. The first-order valence-corrected chi connectivity index (χ1v) is 10.2. The van der Waals surface area contributed by atoms with E-state index in [2.05, 4.69) is 41.7 Å². The molecule has 0 N–H and O–H groups in total. The van der Waals surface area contributed by atoms with Crippen LogP contribution in [0.2, 0.25) is 5.02 Å². The van der Waals surface area contributed by atoms with Crippen LogP contribution in [0.4, 0.5) is 0 Å². The van der Waals surface area contributed by atoms with E-state index >= 15 is 0 Å². The molecule has 152 valence electrons. The normalized spacial score (nSPS) is 11.7. The molecule has 0 unspecified atom stereocenters. The van der Waals surface area contributed by atoms with Gasteiger partial charge in [-0.2, -0.15) is 0 Å². The molecule has 4 aromatic rings. The molecule has 2 aromatic heterocycles. The van der Waals surface area contributed by atoms with Crippen molar-refractivity contribution in [3.63, 3.8) is 0 Å². The predicted molar refractivity (Wildman–Crippen MR) is 117 cm³/mol. The summed E-state index contributed by atoms with van der Waals surface area (Å²) in [5.74, 6) is 0. The second-order valence-corrected chi connectivity index (χ2v) is 7.84. The Morgan fingerprint density at radius 3 is 2.47 bits per heavy atom. The number of hydrogen-bond acceptors (Lipinski definition) is 6. The fourth-order valence-corrected chi connectivity index (χ4v) is 3.20. The number of hydrogen-bond donors (Lipinski definition) is 0. The quantitative estimate of drug-likeness (QED) is 0.296. The van der Waals surface area contributed by atoms with Gasteiger partial charge in [0.2, 0.25) is 0 Å². The molecule has 2 heterocycles. The molecule has 0 amide bonds. The standard InChI is InChI=1S/C20H17BrClN7O/c1-13(20-14(2)29(27-24-20)19-9-5-16(22)6-10-19)25-30-12-17-11-28(26-23-17)18-7-3-15(21)4-8-18/h3-11H,12H2,1-2H3. The number of halogens is 2. The Hall–Kier alpha value is -3.04. The van der Waals surface area contributed by atoms with Gasteiger partial charge >= 0.3 is 0 Å². The molecular weight excluding hydrogens is 470 g/mol. The molecule has 0 radical (unpaired) electrons. The maximum absolute atomic E-state index is 5.95. The number of aromatic nitrogens is 6. The predicted octanol–water partition coefficient (Wildman–Crippen LogP) is 4.51. The molecular formula is C20H17BrClN7O. The second-order valence-electron chi connectivity index (χ2n) is 6.49. The summed E-state index contributed by atoms with van der Waals surface area (Å²) in [4.78, 5) is 5.46. The lowest BCUT2D eigenvalue weighted by Crippen LogP contribution is -2.02. The van der Waals surface area contributed by atoms with Crippen LogP contribution < -0.4 is 0 Å². The van der Waals surface area contributed by atoms with E-state index in [9.17, 15) is 0 Å². The molecule has 0 fully saturated rings. The summed E-state index contributed by atoms with van der Waals surface area (Å²) in [5.41, 5.74) is 4.57. The van der Waals surface area contributed by atoms with Gasteiger partial charge in [0.15, 0.2) is 6.61 Å². The van der Waals surface area contributed by atoms with E-state index in [0.29, 0.717) is 22.1 Å². The van der Waals surface area contributed by atoms with Crippen LogP contribution in [-0.4, -0.2) is 35.7 Å². The van der Waals surface area contributed by atoms with Crippen molar-refractivity contribution in [1.29, 1.82) is 0 Å². The van der Waals surface area contributed by atoms with Crippen LogP contribution in [0.5, 0.6) is 0 Å². The summed E-state index contributed by atoms with van der Waals surface area (Å²) in [6.07, 6.45) is 1.80. The van der Waals surface area contributed by atoms with Crippen molar-refractivity contribution in [2.75, 3.05) is 0 Å². The summed E-state index contributed by atoms with van der Waals surface area (Å²) in [5, 5.41) is 21.5. The van der Waals surface area contributed by atoms with Crippen LogP contribution in [0.15, 0.2) is 64.4 Å². The molecule has 0 aliphatic rings. The van der Waals surface area contributed by atoms with Gasteiger partial charge in [-0.1, -0.05) is 43.1 Å². The fourth-order valence-electron chi connectivity index (χ4n) is 2.81. The van der Waals surface area contributed by atoms with Gasteiger partial charge in [0, 0.05) is 9.50 Å². The third kappa shape index (κ3) is 4.42. The number of nitrogens with zero attached hydrogens (tertiary/aromatic N) is 7. The molecule has 4 rings (SSSR count). The van der Waals surface area contributed by atoms with Crippen LogP contribution in [0, 0.1) is 6.92 Å². The molecule has 10 heteroatoms. The summed E-state index contributed by atoms with van der Waals surface area (Å²) >= 11 is 9.37. The van der Waals surface area contributed by atoms with Gasteiger partial charge in [-0.05, 0) is 62.4 Å². The highest BCUT2D eigenvalue weighted by Gasteiger charge is 2.13. The third-order valence-electron chi connectivity index (χ3n) is 4.35. The maximum Gasteiger partial charge on any atom is 0.162 e. The first-order chi connectivity index (χ1) is 14.5. The lowest BCUT2D eigenvalue weighted by molar-refractivity contribution is 0.127. The molecule has 30 heavy (non-hydrogen) atoms. The van der Waals surface area contributed by atoms with E-state index in [4.69, 9.17) is 16.4 Å². The van der Waals surface area contributed by atoms with Gasteiger partial charge in [0.1, 0.15) is 17.1 Å². The van der Waals surface area contributed by atoms with Crippen LogP contribution >= 0.6 is 27.5 Å². The molecule has 0 saturated carbocycles. The molecule has 0 aliphatic carbocycles. The Labute approximate surface area is 186 Å². The highest BCUT2D eigenvalue weighted by atomic mass is 79.9. The second kappa shape index (κ2) is 8.76. The highest BCUT2D eigenvalue weighted by Crippen LogP contribution is 2.16. The largest absolute Gasteiger partial charge is 0.389 e. The van der Waals surface area contributed by atoms with Crippen LogP contribution in [0.25, 0.3) is 11.4 Å². The zero-order chi connectivity index (χ0) is 21.1. The van der Waals surface area contributed by atoms with Crippen LogP contribution in [-0.2, 0) is 11.4 Å². The van der Waals surface area contributed by atoms with Crippen molar-refractivity contribution in [3.8, 4) is 11.4 Å². The zero-order valence-corrected chi connectivity index (χ0v) is 18.5. The Kier molecular flexibility index (Phi) is 5.91. The minimum Gasteiger partial charge on any atom is -0.389 e. The molecule has 0 saturated heterocycles. The van der Waals surface area contributed by atoms with Gasteiger partial charge in [0.25, 0.3) is 0 Å². The Balaban J connectivity index is 1.43. The summed E-state index contributed by atoms with van der Waals surface area (Å²) in [6.45, 7) is 3.94. The van der Waals surface area contributed by atoms with Crippen molar-refractivity contribution in [3.05, 3.63) is 81.3 Å². The zero-order valence-electron chi connectivity index (χ0n) is 16.2. The lowest BCUT2D eigenvalue weighted by Gasteiger charge is -2.04. The topological polar surface area (TPSA) is 83.0 Å². The van der Waals surface area contributed by atoms with Crippen molar-refractivity contribution in [1.82, 2.24) is 30.0 Å². The molecule has 2 aromatic carbocycles. The molecule has 0 spiro atoms. The summed E-state index contributed by atoms with van der Waals surface area (Å²) in [6, 6.07) is 15.2. The minimum absolute atomic E-state index is 0.193. The van der Waals surface area contributed by atoms with E-state index in [1.165, 1.54) is 0 Å². The van der Waals surface area contributed by atoms with Crippen molar-refractivity contribution < 1.29 is 4.84 Å². The van der Waals surface area contributed by atoms with E-state index in [-0.39, 0.29) is 6.61 Å². The average molecular weight is 487 g/mol. The molecule has 0 atom stereocenters. The van der Waals surface area contributed by atoms with E-state index in [0.717, 1.165) is 21.5 Å². The number of benzene rings is 2. The van der Waals surface area contributed by atoms with Crippen molar-refractivity contribution >= 4 is 33.2 Å². The fraction of sp³-hybridized carbons (Fsp3) is 0.150. The van der Waals surface area contributed by atoms with E-state index < -0.39 is 0 Å². The van der Waals surface area contributed by atoms with Crippen LogP contribution in [0.1, 0.15) is 24.0 Å². The smallest absolute Gasteiger partial charge is 0.162 e. The van der Waals surface area contributed by atoms with Gasteiger partial charge in [0.05, 0.1) is 23.3 Å². The third-order valence-corrected chi connectivity index (χ3v) is 5.14. The first-order valence-electron chi connectivity index (χ1n) is 9.03. The maximum atomic E-state index is 5.95. The van der Waals surface area contributed by atoms with Gasteiger partial charge in [-0.3, -0.25) is 0 Å². The monoisotopic (exact) mass is 485 g/mol. The molecule has 8 nitrogen and oxygen atoms in total. The van der Waals surface area contributed by atoms with E-state index in [1.54, 1.807) is 15.6 Å². The Morgan fingerprint density at radius 2 is 1.73 bits per heavy atom. The first kappa shape index (κ1) is 20.2. The van der Waals surface area contributed by atoms with Crippen LogP contribution in [0.3, 0.4) is 0 Å². The lowest BCUT2D eigenvalue weighted by atomic mass is 10.2. The van der Waals surface area contributed by atoms with Crippen molar-refractivity contribution in [2.45, 2.75) is 20.5 Å². The Bertz CT molecular complexity index is 1180. The molecule has 0 bridgehead atoms. The van der Waals surface area contributed by atoms with Gasteiger partial charge in [-0.15, -0.1) is 10.2 Å². The number of oxime groups is 1. The van der Waals surface area contributed by atoms with Crippen molar-refractivity contribution in [2.24, 2.45) is 5.16 Å². The SMILES string of the molecule is CC(=NOCc1cn(-c2ccc(Br)cc2)nn1)c1nnn(-c2ccc(Cl)cc2)c1C. The van der Waals surface area contributed by atoms with E-state index in [1.807, 2.05) is 62.4 Å². The highest BCUT2D eigenvalue weighted by molar-refractivity contribution is 9.10. The van der Waals surface area contributed by atoms with Gasteiger partial charge in [-0.25, -0.2) is 9.36 Å². The number of rotatable bonds is 6. The van der Waals surface area contributed by atoms with Gasteiger partial charge < -0.3 is 4.84 Å². The summed E-state index contributed by atoms with van der Waals surface area (Å²) < 4.78 is 4.42. The Morgan fingerprint density at radius 1 is 1.03 bits per heavy atom. The minimum atomic E-state index is 0.193. The summed E-state index contributed by atoms with van der Waals surface area (Å²) in [7, 11) is 0.